The minimum absolute atomic E-state index is 0.124. The first-order valence-corrected chi connectivity index (χ1v) is 4.98. The molecule has 0 bridgehead atoms. The molecule has 2 amide bonds. The average Bonchev–Trinajstić information content (AvgIpc) is 2.01. The molecule has 0 spiro atoms. The summed E-state index contributed by atoms with van der Waals surface area (Å²) in [6, 6.07) is -0.445. The van der Waals surface area contributed by atoms with Gasteiger partial charge in [-0.15, -0.1) is 0 Å². The first kappa shape index (κ1) is 12.9. The highest BCUT2D eigenvalue weighted by Gasteiger charge is 2.12. The van der Waals surface area contributed by atoms with Crippen LogP contribution in [0.15, 0.2) is 0 Å². The zero-order valence-corrected chi connectivity index (χ0v) is 9.39. The second-order valence-corrected chi connectivity index (χ2v) is 3.90. The van der Waals surface area contributed by atoms with Gasteiger partial charge in [-0.3, -0.25) is 9.59 Å². The van der Waals surface area contributed by atoms with Crippen molar-refractivity contribution in [3.8, 4) is 0 Å². The number of rotatable bonds is 5. The molecule has 0 fully saturated rings. The lowest BCUT2D eigenvalue weighted by molar-refractivity contribution is -0.127. The first-order chi connectivity index (χ1) is 6.43. The maximum atomic E-state index is 11.3. The molecule has 0 aromatic rings. The summed E-state index contributed by atoms with van der Waals surface area (Å²) in [7, 11) is 0. The van der Waals surface area contributed by atoms with E-state index in [4.69, 9.17) is 0 Å². The molecule has 0 radical (unpaired) electrons. The van der Waals surface area contributed by atoms with E-state index in [1.54, 1.807) is 6.92 Å². The van der Waals surface area contributed by atoms with E-state index >= 15 is 0 Å². The Balaban J connectivity index is 3.67. The van der Waals surface area contributed by atoms with Crippen molar-refractivity contribution in [2.45, 2.75) is 40.2 Å². The van der Waals surface area contributed by atoms with Gasteiger partial charge in [0.05, 0.1) is 0 Å². The first-order valence-electron chi connectivity index (χ1n) is 4.98. The summed E-state index contributed by atoms with van der Waals surface area (Å²) in [4.78, 5) is 22.0. The molecule has 0 aliphatic carbocycles. The van der Waals surface area contributed by atoms with E-state index < -0.39 is 6.04 Å². The molecule has 4 nitrogen and oxygen atoms in total. The van der Waals surface area contributed by atoms with Gasteiger partial charge in [-0.25, -0.2) is 0 Å². The van der Waals surface area contributed by atoms with Gasteiger partial charge in [0.25, 0.3) is 0 Å². The van der Waals surface area contributed by atoms with Crippen LogP contribution in [0, 0.1) is 5.92 Å². The van der Waals surface area contributed by atoms with E-state index in [0.717, 1.165) is 6.42 Å². The fourth-order valence-electron chi connectivity index (χ4n) is 1.01. The largest absolute Gasteiger partial charge is 0.354 e. The third-order valence-electron chi connectivity index (χ3n) is 1.83. The van der Waals surface area contributed by atoms with Crippen molar-refractivity contribution in [1.82, 2.24) is 10.6 Å². The van der Waals surface area contributed by atoms with Crippen LogP contribution in [0.1, 0.15) is 34.1 Å². The van der Waals surface area contributed by atoms with Crippen molar-refractivity contribution in [2.75, 3.05) is 6.54 Å². The summed E-state index contributed by atoms with van der Waals surface area (Å²) in [6.07, 6.45) is 0.957. The van der Waals surface area contributed by atoms with Gasteiger partial charge in [0.1, 0.15) is 6.04 Å². The van der Waals surface area contributed by atoms with Gasteiger partial charge in [-0.2, -0.15) is 0 Å². The number of carbonyl (C=O) groups is 2. The van der Waals surface area contributed by atoms with Gasteiger partial charge < -0.3 is 10.6 Å². The van der Waals surface area contributed by atoms with Crippen LogP contribution in [-0.2, 0) is 9.59 Å². The summed E-state index contributed by atoms with van der Waals surface area (Å²) in [6.45, 7) is 7.94. The Bertz CT molecular complexity index is 202. The highest BCUT2D eigenvalue weighted by atomic mass is 16.2. The molecule has 4 heteroatoms. The standard InChI is InChI=1S/C10H20N2O2/c1-7(2)5-6-11-10(14)8(3)12-9(4)13/h7-8H,5-6H2,1-4H3,(H,11,14)(H,12,13)/t8-/m0/s1. The lowest BCUT2D eigenvalue weighted by atomic mass is 10.1. The van der Waals surface area contributed by atoms with Crippen molar-refractivity contribution in [1.29, 1.82) is 0 Å². The smallest absolute Gasteiger partial charge is 0.242 e. The molecule has 0 saturated carbocycles. The molecule has 1 atom stereocenters. The number of amides is 2. The monoisotopic (exact) mass is 200 g/mol. The van der Waals surface area contributed by atoms with Crippen molar-refractivity contribution < 1.29 is 9.59 Å². The minimum atomic E-state index is -0.445. The molecule has 0 unspecified atom stereocenters. The molecule has 0 rings (SSSR count). The maximum Gasteiger partial charge on any atom is 0.242 e. The lowest BCUT2D eigenvalue weighted by Gasteiger charge is -2.13. The van der Waals surface area contributed by atoms with Crippen LogP contribution in [0.25, 0.3) is 0 Å². The molecule has 0 aliphatic rings. The van der Waals surface area contributed by atoms with Crippen LogP contribution in [0.2, 0.25) is 0 Å². The zero-order valence-electron chi connectivity index (χ0n) is 9.39. The molecule has 0 aromatic heterocycles. The molecule has 0 aliphatic heterocycles. The minimum Gasteiger partial charge on any atom is -0.354 e. The predicted molar refractivity (Wildman–Crippen MR) is 55.7 cm³/mol. The third kappa shape index (κ3) is 6.46. The van der Waals surface area contributed by atoms with Crippen molar-refractivity contribution in [3.05, 3.63) is 0 Å². The normalized spacial score (nSPS) is 12.4. The topological polar surface area (TPSA) is 58.2 Å². The van der Waals surface area contributed by atoms with Gasteiger partial charge in [-0.05, 0) is 19.3 Å². The Morgan fingerprint density at radius 2 is 1.79 bits per heavy atom. The van der Waals surface area contributed by atoms with Crippen molar-refractivity contribution >= 4 is 11.8 Å². The second kappa shape index (κ2) is 6.40. The van der Waals surface area contributed by atoms with Crippen LogP contribution in [0.4, 0.5) is 0 Å². The van der Waals surface area contributed by atoms with Crippen LogP contribution in [0.5, 0.6) is 0 Å². The SMILES string of the molecule is CC(=O)N[C@@H](C)C(=O)NCCC(C)C. The van der Waals surface area contributed by atoms with E-state index in [9.17, 15) is 9.59 Å². The second-order valence-electron chi connectivity index (χ2n) is 3.90. The Morgan fingerprint density at radius 3 is 2.21 bits per heavy atom. The van der Waals surface area contributed by atoms with Crippen LogP contribution >= 0.6 is 0 Å². The van der Waals surface area contributed by atoms with E-state index in [2.05, 4.69) is 24.5 Å². The summed E-state index contributed by atoms with van der Waals surface area (Å²) in [5.41, 5.74) is 0. The molecule has 14 heavy (non-hydrogen) atoms. The van der Waals surface area contributed by atoms with Gasteiger partial charge in [-0.1, -0.05) is 13.8 Å². The lowest BCUT2D eigenvalue weighted by Crippen LogP contribution is -2.44. The summed E-state index contributed by atoms with van der Waals surface area (Å²) < 4.78 is 0. The zero-order chi connectivity index (χ0) is 11.1. The quantitative estimate of drug-likeness (QED) is 0.685. The number of hydrogen-bond acceptors (Lipinski definition) is 2. The summed E-state index contributed by atoms with van der Waals surface area (Å²) in [5, 5.41) is 5.30. The maximum absolute atomic E-state index is 11.3. The van der Waals surface area contributed by atoms with E-state index in [1.807, 2.05) is 0 Å². The highest BCUT2D eigenvalue weighted by Crippen LogP contribution is 1.96. The van der Waals surface area contributed by atoms with Gasteiger partial charge in [0.2, 0.25) is 11.8 Å². The summed E-state index contributed by atoms with van der Waals surface area (Å²) >= 11 is 0. The number of carbonyl (C=O) groups excluding carboxylic acids is 2. The molecule has 2 N–H and O–H groups in total. The molecule has 0 saturated heterocycles. The van der Waals surface area contributed by atoms with Gasteiger partial charge in [0, 0.05) is 13.5 Å². The molecular weight excluding hydrogens is 180 g/mol. The molecule has 0 aromatic carbocycles. The summed E-state index contributed by atoms with van der Waals surface area (Å²) in [5.74, 6) is 0.267. The van der Waals surface area contributed by atoms with Crippen LogP contribution in [-0.4, -0.2) is 24.4 Å². The predicted octanol–water partition coefficient (Wildman–Crippen LogP) is 0.673. The van der Waals surface area contributed by atoms with Crippen LogP contribution < -0.4 is 10.6 Å². The molecule has 82 valence electrons. The van der Waals surface area contributed by atoms with E-state index in [1.165, 1.54) is 6.92 Å². The van der Waals surface area contributed by atoms with E-state index in [-0.39, 0.29) is 11.8 Å². The Hall–Kier alpha value is -1.06. The fraction of sp³-hybridized carbons (Fsp3) is 0.800. The Kier molecular flexibility index (Phi) is 5.92. The molecule has 0 heterocycles. The van der Waals surface area contributed by atoms with Crippen LogP contribution in [0.3, 0.4) is 0 Å². The number of nitrogens with one attached hydrogen (secondary N) is 2. The van der Waals surface area contributed by atoms with Crippen molar-refractivity contribution in [2.24, 2.45) is 5.92 Å². The fourth-order valence-corrected chi connectivity index (χ4v) is 1.01. The number of hydrogen-bond donors (Lipinski definition) is 2. The van der Waals surface area contributed by atoms with Gasteiger partial charge in [0.15, 0.2) is 0 Å². The Morgan fingerprint density at radius 1 is 1.21 bits per heavy atom. The molecular formula is C10H20N2O2. The van der Waals surface area contributed by atoms with Gasteiger partial charge >= 0.3 is 0 Å². The average molecular weight is 200 g/mol. The highest BCUT2D eigenvalue weighted by molar-refractivity contribution is 5.86. The van der Waals surface area contributed by atoms with E-state index in [0.29, 0.717) is 12.5 Å². The Labute approximate surface area is 85.4 Å². The van der Waals surface area contributed by atoms with Crippen molar-refractivity contribution in [3.63, 3.8) is 0 Å². The third-order valence-corrected chi connectivity index (χ3v) is 1.83.